The first kappa shape index (κ1) is 9.99. The summed E-state index contributed by atoms with van der Waals surface area (Å²) in [7, 11) is -0.825. The molecule has 13 heavy (non-hydrogen) atoms. The van der Waals surface area contributed by atoms with Crippen LogP contribution in [0.1, 0.15) is 5.76 Å². The Labute approximate surface area is 80.4 Å². The zero-order valence-electron chi connectivity index (χ0n) is 7.53. The van der Waals surface area contributed by atoms with E-state index in [0.29, 0.717) is 5.75 Å². The van der Waals surface area contributed by atoms with Crippen molar-refractivity contribution in [2.75, 3.05) is 12.0 Å². The molecule has 1 aromatic heterocycles. The van der Waals surface area contributed by atoms with E-state index in [1.54, 1.807) is 12.5 Å². The van der Waals surface area contributed by atoms with E-state index in [0.717, 1.165) is 11.3 Å². The molecule has 70 valence electrons. The van der Waals surface area contributed by atoms with Crippen LogP contribution >= 0.6 is 0 Å². The van der Waals surface area contributed by atoms with Crippen LogP contribution in [0.3, 0.4) is 0 Å². The smallest absolute Gasteiger partial charge is 0.126 e. The molecule has 0 amide bonds. The number of rotatable bonds is 4. The summed E-state index contributed by atoms with van der Waals surface area (Å²) in [6.07, 6.45) is 6.90. The topological polar surface area (TPSA) is 30.2 Å². The maximum absolute atomic E-state index is 10.8. The predicted octanol–water partition coefficient (Wildman–Crippen LogP) is 2.23. The summed E-state index contributed by atoms with van der Waals surface area (Å²) in [5.41, 5.74) is 0.845. The average molecular weight is 196 g/mol. The molecule has 1 heterocycles. The van der Waals surface area contributed by atoms with Crippen LogP contribution in [-0.2, 0) is 10.8 Å². The monoisotopic (exact) mass is 196 g/mol. The largest absolute Gasteiger partial charge is 0.465 e. The van der Waals surface area contributed by atoms with Gasteiger partial charge in [-0.25, -0.2) is 0 Å². The molecular formula is C10H12O2S. The number of hydrogen-bond acceptors (Lipinski definition) is 2. The Kier molecular flexibility index (Phi) is 3.71. The quantitative estimate of drug-likeness (QED) is 0.691. The van der Waals surface area contributed by atoms with Gasteiger partial charge in [-0.2, -0.15) is 0 Å². The van der Waals surface area contributed by atoms with Gasteiger partial charge in [0.2, 0.25) is 0 Å². The molecule has 0 saturated heterocycles. The summed E-state index contributed by atoms with van der Waals surface area (Å²) in [6.45, 7) is 3.77. The molecule has 1 rings (SSSR count). The Morgan fingerprint density at radius 3 is 3.08 bits per heavy atom. The van der Waals surface area contributed by atoms with E-state index in [4.69, 9.17) is 4.42 Å². The second kappa shape index (κ2) is 4.82. The first-order valence-corrected chi connectivity index (χ1v) is 5.60. The van der Waals surface area contributed by atoms with E-state index >= 15 is 0 Å². The van der Waals surface area contributed by atoms with Crippen molar-refractivity contribution < 1.29 is 8.63 Å². The van der Waals surface area contributed by atoms with Crippen molar-refractivity contribution in [3.8, 4) is 0 Å². The summed E-state index contributed by atoms with van der Waals surface area (Å²) >= 11 is 0. The minimum Gasteiger partial charge on any atom is -0.465 e. The van der Waals surface area contributed by atoms with Crippen LogP contribution in [0.4, 0.5) is 0 Å². The van der Waals surface area contributed by atoms with Crippen molar-refractivity contribution in [1.82, 2.24) is 0 Å². The molecule has 0 aliphatic rings. The van der Waals surface area contributed by atoms with Gasteiger partial charge in [-0.15, -0.1) is 0 Å². The highest BCUT2D eigenvalue weighted by Gasteiger charge is 1.93. The molecule has 1 atom stereocenters. The van der Waals surface area contributed by atoms with Crippen molar-refractivity contribution in [2.45, 2.75) is 0 Å². The van der Waals surface area contributed by atoms with Gasteiger partial charge >= 0.3 is 0 Å². The molecule has 0 radical (unpaired) electrons. The zero-order valence-corrected chi connectivity index (χ0v) is 8.34. The van der Waals surface area contributed by atoms with E-state index in [1.807, 2.05) is 24.3 Å². The molecule has 0 N–H and O–H groups in total. The lowest BCUT2D eigenvalue weighted by atomic mass is 10.3. The lowest BCUT2D eigenvalue weighted by Crippen LogP contribution is -1.94. The summed E-state index contributed by atoms with van der Waals surface area (Å²) in [6, 6.07) is 3.67. The summed E-state index contributed by atoms with van der Waals surface area (Å²) in [5.74, 6) is 1.29. The second-order valence-electron chi connectivity index (χ2n) is 2.72. The van der Waals surface area contributed by atoms with E-state index in [-0.39, 0.29) is 0 Å². The van der Waals surface area contributed by atoms with Crippen LogP contribution in [0.5, 0.6) is 0 Å². The highest BCUT2D eigenvalue weighted by Crippen LogP contribution is 2.05. The third-order valence-corrected chi connectivity index (χ3v) is 2.19. The van der Waals surface area contributed by atoms with Gasteiger partial charge < -0.3 is 4.42 Å². The van der Waals surface area contributed by atoms with Gasteiger partial charge in [0.15, 0.2) is 0 Å². The van der Waals surface area contributed by atoms with E-state index in [9.17, 15) is 4.21 Å². The van der Waals surface area contributed by atoms with Crippen LogP contribution < -0.4 is 0 Å². The first-order chi connectivity index (χ1) is 6.18. The Bertz CT molecular complexity index is 323. The number of hydrogen-bond donors (Lipinski definition) is 0. The lowest BCUT2D eigenvalue weighted by Gasteiger charge is -1.93. The fourth-order valence-electron chi connectivity index (χ4n) is 0.895. The molecule has 2 nitrogen and oxygen atoms in total. The second-order valence-corrected chi connectivity index (χ2v) is 4.16. The van der Waals surface area contributed by atoms with Crippen LogP contribution in [-0.4, -0.2) is 16.2 Å². The van der Waals surface area contributed by atoms with E-state index < -0.39 is 10.8 Å². The summed E-state index contributed by atoms with van der Waals surface area (Å²) in [4.78, 5) is 0. The summed E-state index contributed by atoms with van der Waals surface area (Å²) in [5, 5.41) is 0. The SMILES string of the molecule is C=C(/C=C/c1ccco1)CS(C)=O. The van der Waals surface area contributed by atoms with Gasteiger partial charge in [0.25, 0.3) is 0 Å². The maximum atomic E-state index is 10.8. The molecule has 0 fully saturated rings. The highest BCUT2D eigenvalue weighted by molar-refractivity contribution is 7.84. The van der Waals surface area contributed by atoms with Gasteiger partial charge in [0.1, 0.15) is 5.76 Å². The average Bonchev–Trinajstić information content (AvgIpc) is 2.51. The third kappa shape index (κ3) is 3.90. The Morgan fingerprint density at radius 2 is 2.54 bits per heavy atom. The first-order valence-electron chi connectivity index (χ1n) is 3.88. The molecule has 3 heteroatoms. The van der Waals surface area contributed by atoms with Gasteiger partial charge in [-0.05, 0) is 23.8 Å². The van der Waals surface area contributed by atoms with Crippen molar-refractivity contribution in [2.24, 2.45) is 0 Å². The van der Waals surface area contributed by atoms with Crippen LogP contribution in [0.15, 0.2) is 41.0 Å². The Morgan fingerprint density at radius 1 is 1.77 bits per heavy atom. The minimum absolute atomic E-state index is 0.511. The number of furan rings is 1. The predicted molar refractivity (Wildman–Crippen MR) is 55.8 cm³/mol. The fourth-order valence-corrected chi connectivity index (χ4v) is 1.51. The molecule has 0 aliphatic carbocycles. The van der Waals surface area contributed by atoms with Crippen molar-refractivity contribution in [3.05, 3.63) is 42.4 Å². The van der Waals surface area contributed by atoms with Gasteiger partial charge in [-0.1, -0.05) is 12.7 Å². The van der Waals surface area contributed by atoms with Crippen molar-refractivity contribution in [1.29, 1.82) is 0 Å². The van der Waals surface area contributed by atoms with E-state index in [2.05, 4.69) is 6.58 Å². The molecule has 0 aliphatic heterocycles. The van der Waals surface area contributed by atoms with Crippen LogP contribution in [0, 0.1) is 0 Å². The van der Waals surface area contributed by atoms with Crippen molar-refractivity contribution >= 4 is 16.9 Å². The van der Waals surface area contributed by atoms with Crippen molar-refractivity contribution in [3.63, 3.8) is 0 Å². The summed E-state index contributed by atoms with van der Waals surface area (Å²) < 4.78 is 15.9. The molecular weight excluding hydrogens is 184 g/mol. The van der Waals surface area contributed by atoms with Gasteiger partial charge in [0.05, 0.1) is 6.26 Å². The van der Waals surface area contributed by atoms with E-state index in [1.165, 1.54) is 0 Å². The third-order valence-electron chi connectivity index (χ3n) is 1.42. The van der Waals surface area contributed by atoms with Gasteiger partial charge in [0, 0.05) is 22.8 Å². The van der Waals surface area contributed by atoms with Gasteiger partial charge in [-0.3, -0.25) is 4.21 Å². The molecule has 0 saturated carbocycles. The Balaban J connectivity index is 2.49. The molecule has 0 spiro atoms. The lowest BCUT2D eigenvalue weighted by molar-refractivity contribution is 0.557. The standard InChI is InChI=1S/C10H12O2S/c1-9(8-13(2)11)5-6-10-4-3-7-12-10/h3-7H,1,8H2,2H3/b6-5+. The highest BCUT2D eigenvalue weighted by atomic mass is 32.2. The zero-order chi connectivity index (χ0) is 9.68. The number of allylic oxidation sites excluding steroid dienone is 1. The molecule has 0 aromatic carbocycles. The molecule has 1 unspecified atom stereocenters. The fraction of sp³-hybridized carbons (Fsp3) is 0.200. The normalized spacial score (nSPS) is 13.3. The molecule has 1 aromatic rings. The molecule has 0 bridgehead atoms. The minimum atomic E-state index is -0.825. The van der Waals surface area contributed by atoms with Crippen LogP contribution in [0.25, 0.3) is 6.08 Å². The van der Waals surface area contributed by atoms with Crippen LogP contribution in [0.2, 0.25) is 0 Å². The Hall–Kier alpha value is -1.09. The maximum Gasteiger partial charge on any atom is 0.126 e.